The third-order valence-electron chi connectivity index (χ3n) is 4.74. The van der Waals surface area contributed by atoms with Gasteiger partial charge in [0, 0.05) is 49.6 Å². The van der Waals surface area contributed by atoms with Crippen LogP contribution in [0.5, 0.6) is 0 Å². The lowest BCUT2D eigenvalue weighted by Gasteiger charge is -2.13. The molecule has 0 aliphatic carbocycles. The molecule has 0 radical (unpaired) electrons. The summed E-state index contributed by atoms with van der Waals surface area (Å²) in [6.07, 6.45) is 6.67. The van der Waals surface area contributed by atoms with Crippen LogP contribution in [0.2, 0.25) is 10.0 Å². The summed E-state index contributed by atoms with van der Waals surface area (Å²) in [5, 5.41) is 16.6. The quantitative estimate of drug-likeness (QED) is 0.251. The fraction of sp³-hybridized carbons (Fsp3) is 0.526. The molecule has 2 heterocycles. The Morgan fingerprint density at radius 3 is 2.82 bits per heavy atom. The molecule has 2 N–H and O–H groups in total. The van der Waals surface area contributed by atoms with E-state index in [1.54, 1.807) is 13.1 Å². The number of aliphatic imine (C=N–C) groups is 1. The molecular weight excluding hydrogens is 510 g/mol. The van der Waals surface area contributed by atoms with Crippen molar-refractivity contribution in [1.82, 2.24) is 25.4 Å². The smallest absolute Gasteiger partial charge is 0.191 e. The van der Waals surface area contributed by atoms with Crippen molar-refractivity contribution < 1.29 is 0 Å². The van der Waals surface area contributed by atoms with Gasteiger partial charge in [-0.1, -0.05) is 35.7 Å². The van der Waals surface area contributed by atoms with Crippen LogP contribution >= 0.6 is 47.2 Å². The molecule has 0 saturated carbocycles. The molecule has 2 aromatic rings. The van der Waals surface area contributed by atoms with Gasteiger partial charge < -0.3 is 15.2 Å². The van der Waals surface area contributed by atoms with E-state index in [9.17, 15) is 0 Å². The van der Waals surface area contributed by atoms with E-state index < -0.39 is 0 Å². The molecule has 1 aliphatic heterocycles. The highest BCUT2D eigenvalue weighted by Gasteiger charge is 2.14. The summed E-state index contributed by atoms with van der Waals surface area (Å²) in [6, 6.07) is 5.50. The first-order valence-electron chi connectivity index (χ1n) is 9.47. The Labute approximate surface area is 193 Å². The van der Waals surface area contributed by atoms with Gasteiger partial charge in [0.25, 0.3) is 0 Å². The average molecular weight is 537 g/mol. The van der Waals surface area contributed by atoms with Gasteiger partial charge in [-0.2, -0.15) is 0 Å². The number of hydrogen-bond acceptors (Lipinski definition) is 3. The predicted molar refractivity (Wildman–Crippen MR) is 126 cm³/mol. The van der Waals surface area contributed by atoms with Crippen molar-refractivity contribution >= 4 is 53.1 Å². The van der Waals surface area contributed by atoms with E-state index in [2.05, 4.69) is 30.4 Å². The highest BCUT2D eigenvalue weighted by atomic mass is 127. The second-order valence-electron chi connectivity index (χ2n) is 6.69. The molecule has 1 aromatic heterocycles. The van der Waals surface area contributed by atoms with Gasteiger partial charge in [-0.25, -0.2) is 0 Å². The Morgan fingerprint density at radius 2 is 2.04 bits per heavy atom. The van der Waals surface area contributed by atoms with Crippen molar-refractivity contribution in [3.63, 3.8) is 0 Å². The molecule has 0 atom stereocenters. The maximum atomic E-state index is 6.21. The van der Waals surface area contributed by atoms with Gasteiger partial charge in [-0.3, -0.25) is 4.99 Å². The second-order valence-corrected chi connectivity index (χ2v) is 7.53. The molecule has 0 unspecified atom stereocenters. The van der Waals surface area contributed by atoms with Gasteiger partial charge in [0.05, 0.1) is 0 Å². The van der Waals surface area contributed by atoms with E-state index in [4.69, 9.17) is 23.2 Å². The minimum Gasteiger partial charge on any atom is -0.356 e. The number of nitrogens with zero attached hydrogens (tertiary/aromatic N) is 4. The number of guanidine groups is 1. The van der Waals surface area contributed by atoms with Crippen molar-refractivity contribution in [2.45, 2.75) is 51.6 Å². The minimum absolute atomic E-state index is 0. The van der Waals surface area contributed by atoms with Crippen LogP contribution in [0.1, 0.15) is 42.9 Å². The number of nitrogens with one attached hydrogen (secondary N) is 2. The van der Waals surface area contributed by atoms with E-state index in [1.165, 1.54) is 19.3 Å². The van der Waals surface area contributed by atoms with Crippen molar-refractivity contribution in [3.8, 4) is 0 Å². The summed E-state index contributed by atoms with van der Waals surface area (Å²) in [4.78, 5) is 4.26. The summed E-state index contributed by atoms with van der Waals surface area (Å²) < 4.78 is 2.31. The number of aryl methyl sites for hydroxylation is 2. The van der Waals surface area contributed by atoms with Crippen molar-refractivity contribution in [3.05, 3.63) is 45.5 Å². The lowest BCUT2D eigenvalue weighted by Crippen LogP contribution is -2.37. The Morgan fingerprint density at radius 1 is 1.18 bits per heavy atom. The average Bonchev–Trinajstić information content (AvgIpc) is 2.88. The molecule has 0 saturated heterocycles. The topological polar surface area (TPSA) is 67.1 Å². The van der Waals surface area contributed by atoms with Crippen LogP contribution < -0.4 is 10.6 Å². The number of aromatic nitrogens is 3. The Kier molecular flexibility index (Phi) is 9.81. The first kappa shape index (κ1) is 23.2. The van der Waals surface area contributed by atoms with Crippen molar-refractivity contribution in [2.75, 3.05) is 13.6 Å². The normalized spacial score (nSPS) is 14.0. The van der Waals surface area contributed by atoms with Crippen LogP contribution in [0, 0.1) is 0 Å². The minimum atomic E-state index is 0. The van der Waals surface area contributed by atoms with Crippen LogP contribution in [0.15, 0.2) is 23.2 Å². The zero-order valence-electron chi connectivity index (χ0n) is 16.0. The number of rotatable bonds is 6. The van der Waals surface area contributed by atoms with Gasteiger partial charge >= 0.3 is 0 Å². The van der Waals surface area contributed by atoms with Crippen molar-refractivity contribution in [1.29, 1.82) is 0 Å². The molecule has 3 rings (SSSR count). The van der Waals surface area contributed by atoms with Crippen LogP contribution in [-0.4, -0.2) is 34.3 Å². The Hall–Kier alpha value is -1.06. The predicted octanol–water partition coefficient (Wildman–Crippen LogP) is 4.23. The number of fused-ring (bicyclic) bond motifs is 1. The largest absolute Gasteiger partial charge is 0.356 e. The Balaban J connectivity index is 0.00000280. The number of halogens is 3. The standard InChI is InChI=1S/C19H26Cl2N6.HI/c1-22-19(24-13-14-8-9-15(20)12-16(14)21)23-10-5-7-18-26-25-17-6-3-2-4-11-27(17)18;/h8-9,12H,2-7,10-11,13H2,1H3,(H2,22,23,24);1H. The number of benzene rings is 1. The summed E-state index contributed by atoms with van der Waals surface area (Å²) in [5.41, 5.74) is 0.982. The molecule has 28 heavy (non-hydrogen) atoms. The molecular formula is C19H27Cl2IN6. The fourth-order valence-corrected chi connectivity index (χ4v) is 3.72. The Bertz CT molecular complexity index is 793. The van der Waals surface area contributed by atoms with E-state index in [-0.39, 0.29) is 24.0 Å². The molecule has 1 aromatic carbocycles. The molecule has 0 spiro atoms. The summed E-state index contributed by atoms with van der Waals surface area (Å²) in [7, 11) is 1.76. The summed E-state index contributed by atoms with van der Waals surface area (Å²) >= 11 is 12.1. The van der Waals surface area contributed by atoms with E-state index in [0.717, 1.165) is 55.5 Å². The molecule has 6 nitrogen and oxygen atoms in total. The van der Waals surface area contributed by atoms with Gasteiger partial charge in [0.15, 0.2) is 5.96 Å². The highest BCUT2D eigenvalue weighted by molar-refractivity contribution is 14.0. The molecule has 0 amide bonds. The maximum Gasteiger partial charge on any atom is 0.191 e. The van der Waals surface area contributed by atoms with Gasteiger partial charge in [0.2, 0.25) is 0 Å². The molecule has 0 bridgehead atoms. The van der Waals surface area contributed by atoms with Crippen LogP contribution in [0.4, 0.5) is 0 Å². The highest BCUT2D eigenvalue weighted by Crippen LogP contribution is 2.20. The first-order valence-corrected chi connectivity index (χ1v) is 10.2. The third-order valence-corrected chi connectivity index (χ3v) is 5.33. The SMILES string of the molecule is CN=C(NCCCc1nnc2n1CCCCC2)NCc1ccc(Cl)cc1Cl.I. The second kappa shape index (κ2) is 11.8. The summed E-state index contributed by atoms with van der Waals surface area (Å²) in [6.45, 7) is 2.46. The van der Waals surface area contributed by atoms with Gasteiger partial charge in [-0.15, -0.1) is 34.2 Å². The maximum absolute atomic E-state index is 6.21. The third kappa shape index (κ3) is 6.49. The van der Waals surface area contributed by atoms with E-state index in [1.807, 2.05) is 12.1 Å². The van der Waals surface area contributed by atoms with Crippen LogP contribution in [0.3, 0.4) is 0 Å². The lowest BCUT2D eigenvalue weighted by atomic mass is 10.2. The molecule has 9 heteroatoms. The van der Waals surface area contributed by atoms with Crippen molar-refractivity contribution in [2.24, 2.45) is 4.99 Å². The zero-order chi connectivity index (χ0) is 19.1. The van der Waals surface area contributed by atoms with Gasteiger partial charge in [0.1, 0.15) is 11.6 Å². The van der Waals surface area contributed by atoms with Gasteiger partial charge in [-0.05, 0) is 37.0 Å². The zero-order valence-corrected chi connectivity index (χ0v) is 19.9. The summed E-state index contributed by atoms with van der Waals surface area (Å²) in [5.74, 6) is 3.00. The molecule has 1 aliphatic rings. The number of hydrogen-bond donors (Lipinski definition) is 2. The van der Waals surface area contributed by atoms with E-state index >= 15 is 0 Å². The van der Waals surface area contributed by atoms with Crippen LogP contribution in [-0.2, 0) is 25.9 Å². The fourth-order valence-electron chi connectivity index (χ4n) is 3.25. The molecule has 154 valence electrons. The first-order chi connectivity index (χ1) is 13.2. The molecule has 0 fully saturated rings. The monoisotopic (exact) mass is 536 g/mol. The van der Waals surface area contributed by atoms with Crippen LogP contribution in [0.25, 0.3) is 0 Å². The lowest BCUT2D eigenvalue weighted by molar-refractivity contribution is 0.594. The van der Waals surface area contributed by atoms with E-state index in [0.29, 0.717) is 16.6 Å².